The van der Waals surface area contributed by atoms with Gasteiger partial charge in [0.05, 0.1) is 30.9 Å². The van der Waals surface area contributed by atoms with Crippen LogP contribution >= 0.6 is 0 Å². The highest BCUT2D eigenvalue weighted by Crippen LogP contribution is 2.27. The third-order valence-electron chi connectivity index (χ3n) is 3.65. The molecule has 0 saturated carbocycles. The second-order valence-electron chi connectivity index (χ2n) is 4.82. The minimum Gasteiger partial charge on any atom is -0.391 e. The molecule has 1 saturated heterocycles. The average Bonchev–Trinajstić information content (AvgIpc) is 3.04. The van der Waals surface area contributed by atoms with E-state index in [4.69, 9.17) is 9.47 Å². The van der Waals surface area contributed by atoms with Crippen LogP contribution in [0.15, 0.2) is 24.3 Å². The molecule has 0 unspecified atom stereocenters. The van der Waals surface area contributed by atoms with E-state index in [1.807, 2.05) is 0 Å². The van der Waals surface area contributed by atoms with Crippen LogP contribution in [0, 0.1) is 0 Å². The zero-order valence-electron chi connectivity index (χ0n) is 10.9. The van der Waals surface area contributed by atoms with Crippen LogP contribution in [-0.2, 0) is 9.47 Å². The number of fused-ring (bicyclic) bond motifs is 1. The third kappa shape index (κ3) is 2.02. The lowest BCUT2D eigenvalue weighted by atomic mass is 10.1. The van der Waals surface area contributed by atoms with Crippen molar-refractivity contribution in [3.05, 3.63) is 35.4 Å². The van der Waals surface area contributed by atoms with E-state index >= 15 is 0 Å². The summed E-state index contributed by atoms with van der Waals surface area (Å²) in [6.07, 6.45) is 0.259. The first-order chi connectivity index (χ1) is 9.67. The Morgan fingerprint density at radius 2 is 1.65 bits per heavy atom. The number of imide groups is 1. The Hall–Kier alpha value is -1.76. The van der Waals surface area contributed by atoms with Gasteiger partial charge in [-0.3, -0.25) is 14.5 Å². The van der Waals surface area contributed by atoms with Crippen molar-refractivity contribution in [2.24, 2.45) is 0 Å². The first-order valence-corrected chi connectivity index (χ1v) is 6.51. The molecular weight excluding hydrogens is 262 g/mol. The highest BCUT2D eigenvalue weighted by molar-refractivity contribution is 6.21. The molecule has 20 heavy (non-hydrogen) atoms. The van der Waals surface area contributed by atoms with E-state index < -0.39 is 5.79 Å². The molecule has 3 rings (SSSR count). The summed E-state index contributed by atoms with van der Waals surface area (Å²) in [6.45, 7) is 0.675. The van der Waals surface area contributed by atoms with Gasteiger partial charge in [0, 0.05) is 13.0 Å². The standard InChI is InChI=1S/C14H15NO5/c16-9-14(19-7-8-20-14)5-6-15-12(17)10-3-1-2-4-11(10)13(15)18/h1-4,16H,5-9H2. The number of aliphatic hydroxyl groups excluding tert-OH is 1. The predicted octanol–water partition coefficient (Wildman–Crippen LogP) is 0.408. The molecule has 0 spiro atoms. The van der Waals surface area contributed by atoms with Gasteiger partial charge in [-0.2, -0.15) is 0 Å². The van der Waals surface area contributed by atoms with Crippen molar-refractivity contribution in [3.63, 3.8) is 0 Å². The molecule has 106 valence electrons. The van der Waals surface area contributed by atoms with Crippen molar-refractivity contribution in [3.8, 4) is 0 Å². The largest absolute Gasteiger partial charge is 0.391 e. The Morgan fingerprint density at radius 3 is 2.15 bits per heavy atom. The number of hydrogen-bond acceptors (Lipinski definition) is 5. The maximum Gasteiger partial charge on any atom is 0.261 e. The number of carbonyl (C=O) groups is 2. The molecular formula is C14H15NO5. The molecule has 6 nitrogen and oxygen atoms in total. The first kappa shape index (κ1) is 13.2. The van der Waals surface area contributed by atoms with E-state index in [0.717, 1.165) is 0 Å². The lowest BCUT2D eigenvalue weighted by Crippen LogP contribution is -2.41. The van der Waals surface area contributed by atoms with Crippen LogP contribution in [0.2, 0.25) is 0 Å². The van der Waals surface area contributed by atoms with E-state index in [1.165, 1.54) is 4.90 Å². The van der Waals surface area contributed by atoms with Gasteiger partial charge in [0.15, 0.2) is 5.79 Å². The second kappa shape index (κ2) is 4.97. The molecule has 2 aliphatic rings. The van der Waals surface area contributed by atoms with Crippen molar-refractivity contribution in [2.45, 2.75) is 12.2 Å². The van der Waals surface area contributed by atoms with Crippen molar-refractivity contribution < 1.29 is 24.2 Å². The van der Waals surface area contributed by atoms with Gasteiger partial charge in [0.2, 0.25) is 0 Å². The highest BCUT2D eigenvalue weighted by atomic mass is 16.7. The molecule has 6 heteroatoms. The lowest BCUT2D eigenvalue weighted by Gasteiger charge is -2.26. The summed E-state index contributed by atoms with van der Waals surface area (Å²) in [6, 6.07) is 6.73. The predicted molar refractivity (Wildman–Crippen MR) is 68.1 cm³/mol. The molecule has 2 aliphatic heterocycles. The number of hydrogen-bond donors (Lipinski definition) is 1. The minimum atomic E-state index is -1.09. The molecule has 1 N–H and O–H groups in total. The summed E-state index contributed by atoms with van der Waals surface area (Å²) in [7, 11) is 0. The number of nitrogens with zero attached hydrogens (tertiary/aromatic N) is 1. The third-order valence-corrected chi connectivity index (χ3v) is 3.65. The van der Waals surface area contributed by atoms with E-state index in [0.29, 0.717) is 24.3 Å². The Balaban J connectivity index is 1.74. The van der Waals surface area contributed by atoms with Gasteiger partial charge in [-0.25, -0.2) is 0 Å². The number of carbonyl (C=O) groups excluding carboxylic acids is 2. The van der Waals surface area contributed by atoms with Crippen LogP contribution in [0.5, 0.6) is 0 Å². The number of benzene rings is 1. The Bertz CT molecular complexity index is 515. The number of rotatable bonds is 4. The van der Waals surface area contributed by atoms with Crippen LogP contribution in [0.4, 0.5) is 0 Å². The molecule has 0 bridgehead atoms. The minimum absolute atomic E-state index is 0.160. The average molecular weight is 277 g/mol. The number of aliphatic hydroxyl groups is 1. The smallest absolute Gasteiger partial charge is 0.261 e. The zero-order valence-corrected chi connectivity index (χ0v) is 10.9. The quantitative estimate of drug-likeness (QED) is 0.807. The lowest BCUT2D eigenvalue weighted by molar-refractivity contribution is -0.187. The fourth-order valence-corrected chi connectivity index (χ4v) is 2.54. The first-order valence-electron chi connectivity index (χ1n) is 6.51. The molecule has 2 amide bonds. The Morgan fingerprint density at radius 1 is 1.10 bits per heavy atom. The summed E-state index contributed by atoms with van der Waals surface area (Å²) in [5.41, 5.74) is 0.840. The summed E-state index contributed by atoms with van der Waals surface area (Å²) >= 11 is 0. The van der Waals surface area contributed by atoms with E-state index in [9.17, 15) is 14.7 Å². The summed E-state index contributed by atoms with van der Waals surface area (Å²) in [5, 5.41) is 9.36. The van der Waals surface area contributed by atoms with E-state index in [1.54, 1.807) is 24.3 Å². The van der Waals surface area contributed by atoms with Crippen LogP contribution in [0.3, 0.4) is 0 Å². The zero-order chi connectivity index (χ0) is 14.2. The molecule has 1 aromatic carbocycles. The van der Waals surface area contributed by atoms with Gasteiger partial charge in [-0.05, 0) is 12.1 Å². The van der Waals surface area contributed by atoms with E-state index in [2.05, 4.69) is 0 Å². The molecule has 1 fully saturated rings. The second-order valence-corrected chi connectivity index (χ2v) is 4.82. The van der Waals surface area contributed by atoms with Gasteiger partial charge in [-0.15, -0.1) is 0 Å². The fraction of sp³-hybridized carbons (Fsp3) is 0.429. The van der Waals surface area contributed by atoms with Crippen LogP contribution < -0.4 is 0 Å². The van der Waals surface area contributed by atoms with Gasteiger partial charge < -0.3 is 14.6 Å². The number of ether oxygens (including phenoxy) is 2. The number of amides is 2. The summed E-state index contributed by atoms with van der Waals surface area (Å²) < 4.78 is 10.8. The maximum absolute atomic E-state index is 12.2. The van der Waals surface area contributed by atoms with Crippen LogP contribution in [0.1, 0.15) is 27.1 Å². The van der Waals surface area contributed by atoms with Crippen LogP contribution in [0.25, 0.3) is 0 Å². The fourth-order valence-electron chi connectivity index (χ4n) is 2.54. The molecule has 0 atom stereocenters. The van der Waals surface area contributed by atoms with Crippen molar-refractivity contribution in [1.82, 2.24) is 4.90 Å². The van der Waals surface area contributed by atoms with Crippen molar-refractivity contribution in [1.29, 1.82) is 0 Å². The maximum atomic E-state index is 12.2. The van der Waals surface area contributed by atoms with E-state index in [-0.39, 0.29) is 31.4 Å². The van der Waals surface area contributed by atoms with Gasteiger partial charge in [0.25, 0.3) is 11.8 Å². The van der Waals surface area contributed by atoms with Gasteiger partial charge in [-0.1, -0.05) is 12.1 Å². The molecule has 0 radical (unpaired) electrons. The molecule has 0 aliphatic carbocycles. The Kier molecular flexibility index (Phi) is 3.29. The monoisotopic (exact) mass is 277 g/mol. The summed E-state index contributed by atoms with van der Waals surface area (Å²) in [5.74, 6) is -1.71. The highest BCUT2D eigenvalue weighted by Gasteiger charge is 2.40. The summed E-state index contributed by atoms with van der Waals surface area (Å²) in [4.78, 5) is 25.5. The van der Waals surface area contributed by atoms with Gasteiger partial charge >= 0.3 is 0 Å². The van der Waals surface area contributed by atoms with Crippen molar-refractivity contribution >= 4 is 11.8 Å². The topological polar surface area (TPSA) is 76.1 Å². The molecule has 2 heterocycles. The van der Waals surface area contributed by atoms with Crippen LogP contribution in [-0.4, -0.2) is 54.0 Å². The van der Waals surface area contributed by atoms with Crippen molar-refractivity contribution in [2.75, 3.05) is 26.4 Å². The molecule has 1 aromatic rings. The molecule has 0 aromatic heterocycles. The van der Waals surface area contributed by atoms with Gasteiger partial charge in [0.1, 0.15) is 0 Å². The normalized spacial score (nSPS) is 20.6. The Labute approximate surface area is 115 Å². The SMILES string of the molecule is O=C1c2ccccc2C(=O)N1CCC1(CO)OCCO1.